The van der Waals surface area contributed by atoms with Crippen LogP contribution in [-0.2, 0) is 6.54 Å². The van der Waals surface area contributed by atoms with Crippen LogP contribution in [0, 0.1) is 0 Å². The number of benzene rings is 3. The highest BCUT2D eigenvalue weighted by atomic mass is 16.5. The van der Waals surface area contributed by atoms with Gasteiger partial charge in [-0.25, -0.2) is 4.98 Å². The van der Waals surface area contributed by atoms with E-state index < -0.39 is 23.0 Å². The van der Waals surface area contributed by atoms with Crippen LogP contribution in [0.15, 0.2) is 65.7 Å². The zero-order valence-electron chi connectivity index (χ0n) is 22.7. The minimum Gasteiger partial charge on any atom is -0.497 e. The Balaban J connectivity index is 1.39. The smallest absolute Gasteiger partial charge is 0.280 e. The number of carbonyl (C=O) groups is 3. The molecular formula is C30H23N5O7. The molecule has 1 amide bonds. The van der Waals surface area contributed by atoms with Crippen molar-refractivity contribution in [2.24, 2.45) is 0 Å². The predicted octanol–water partition coefficient (Wildman–Crippen LogP) is 3.22. The van der Waals surface area contributed by atoms with Crippen molar-refractivity contribution in [3.8, 4) is 17.2 Å². The molecule has 0 aliphatic heterocycles. The van der Waals surface area contributed by atoms with E-state index in [4.69, 9.17) is 14.2 Å². The fourth-order valence-electron chi connectivity index (χ4n) is 4.99. The Morgan fingerprint density at radius 3 is 2.26 bits per heavy atom. The van der Waals surface area contributed by atoms with E-state index in [2.05, 4.69) is 20.3 Å². The number of aromatic nitrogens is 4. The summed E-state index contributed by atoms with van der Waals surface area (Å²) in [6.45, 7) is 0.123. The van der Waals surface area contributed by atoms with Gasteiger partial charge in [-0.05, 0) is 35.9 Å². The summed E-state index contributed by atoms with van der Waals surface area (Å²) in [7, 11) is 4.28. The Bertz CT molecular complexity index is 1980. The standard InChI is InChI=1S/C30H23N5O7/c1-40-17-11-19-23(21(12-17)42-3)26(37)22-18(25(19)36)9-15(10-20(22)41-2)13-35-14-31-24-27(35)32-30(34-29(24)39)33-28(38)16-7-5-4-6-8-16/h4-12,14H,13H2,1-3H3,(H2,32,33,34,38,39). The summed E-state index contributed by atoms with van der Waals surface area (Å²) in [5, 5.41) is 2.60. The molecule has 5 aromatic rings. The van der Waals surface area contributed by atoms with Gasteiger partial charge in [-0.15, -0.1) is 0 Å². The first-order valence-corrected chi connectivity index (χ1v) is 12.7. The topological polar surface area (TPSA) is 154 Å². The van der Waals surface area contributed by atoms with Gasteiger partial charge >= 0.3 is 0 Å². The second-order valence-corrected chi connectivity index (χ2v) is 9.41. The highest BCUT2D eigenvalue weighted by Crippen LogP contribution is 2.40. The van der Waals surface area contributed by atoms with Crippen molar-refractivity contribution in [2.45, 2.75) is 6.54 Å². The number of ether oxygens (including phenoxy) is 3. The maximum absolute atomic E-state index is 13.7. The van der Waals surface area contributed by atoms with Gasteiger partial charge in [-0.2, -0.15) is 4.98 Å². The molecule has 0 bridgehead atoms. The lowest BCUT2D eigenvalue weighted by Gasteiger charge is -2.23. The van der Waals surface area contributed by atoms with E-state index in [0.717, 1.165) is 0 Å². The number of rotatable bonds is 7. The molecule has 2 N–H and O–H groups in total. The normalized spacial score (nSPS) is 12.1. The summed E-state index contributed by atoms with van der Waals surface area (Å²) in [5.41, 5.74) is 1.29. The Morgan fingerprint density at radius 1 is 0.881 bits per heavy atom. The molecular weight excluding hydrogens is 542 g/mol. The number of hydrogen-bond acceptors (Lipinski definition) is 9. The molecule has 12 nitrogen and oxygen atoms in total. The van der Waals surface area contributed by atoms with Crippen molar-refractivity contribution in [3.05, 3.63) is 105 Å². The predicted molar refractivity (Wildman–Crippen MR) is 151 cm³/mol. The number of anilines is 1. The van der Waals surface area contributed by atoms with E-state index in [-0.39, 0.29) is 57.4 Å². The summed E-state index contributed by atoms with van der Waals surface area (Å²) in [6.07, 6.45) is 1.43. The third kappa shape index (κ3) is 4.35. The fourth-order valence-corrected chi connectivity index (χ4v) is 4.99. The number of fused-ring (bicyclic) bond motifs is 3. The molecule has 12 heteroatoms. The third-order valence-corrected chi connectivity index (χ3v) is 6.95. The van der Waals surface area contributed by atoms with Crippen molar-refractivity contribution in [1.82, 2.24) is 19.5 Å². The molecule has 0 spiro atoms. The van der Waals surface area contributed by atoms with Crippen LogP contribution in [0.25, 0.3) is 11.2 Å². The summed E-state index contributed by atoms with van der Waals surface area (Å²) >= 11 is 0. The maximum atomic E-state index is 13.7. The lowest BCUT2D eigenvalue weighted by Crippen LogP contribution is -2.23. The van der Waals surface area contributed by atoms with Gasteiger partial charge in [0.1, 0.15) is 17.2 Å². The Hall–Kier alpha value is -5.78. The van der Waals surface area contributed by atoms with Crippen LogP contribution >= 0.6 is 0 Å². The van der Waals surface area contributed by atoms with Gasteiger partial charge in [-0.1, -0.05) is 18.2 Å². The quantitative estimate of drug-likeness (QED) is 0.297. The van der Waals surface area contributed by atoms with E-state index in [9.17, 15) is 19.2 Å². The van der Waals surface area contributed by atoms with Gasteiger partial charge in [-0.3, -0.25) is 29.5 Å². The number of hydrogen-bond donors (Lipinski definition) is 2. The molecule has 42 heavy (non-hydrogen) atoms. The summed E-state index contributed by atoms with van der Waals surface area (Å²) < 4.78 is 17.9. The van der Waals surface area contributed by atoms with E-state index in [1.165, 1.54) is 33.7 Å². The average molecular weight is 566 g/mol. The molecule has 210 valence electrons. The molecule has 2 aromatic heterocycles. The van der Waals surface area contributed by atoms with E-state index in [1.807, 2.05) is 0 Å². The number of H-pyrrole nitrogens is 1. The zero-order valence-corrected chi connectivity index (χ0v) is 22.7. The molecule has 6 rings (SSSR count). The van der Waals surface area contributed by atoms with Crippen LogP contribution in [0.5, 0.6) is 17.2 Å². The largest absolute Gasteiger partial charge is 0.497 e. The number of nitrogens with zero attached hydrogens (tertiary/aromatic N) is 3. The fraction of sp³-hybridized carbons (Fsp3) is 0.133. The first kappa shape index (κ1) is 26.4. The number of methoxy groups -OCH3 is 3. The molecule has 1 aliphatic carbocycles. The zero-order chi connectivity index (χ0) is 29.5. The molecule has 0 saturated heterocycles. The van der Waals surface area contributed by atoms with Gasteiger partial charge in [0.2, 0.25) is 11.7 Å². The second-order valence-electron chi connectivity index (χ2n) is 9.41. The highest BCUT2D eigenvalue weighted by Gasteiger charge is 2.36. The number of aromatic amines is 1. The van der Waals surface area contributed by atoms with Crippen molar-refractivity contribution < 1.29 is 28.6 Å². The van der Waals surface area contributed by atoms with Crippen LogP contribution in [0.3, 0.4) is 0 Å². The number of imidazole rings is 1. The van der Waals surface area contributed by atoms with E-state index in [0.29, 0.717) is 16.9 Å². The molecule has 0 atom stereocenters. The second kappa shape index (κ2) is 10.3. The lowest BCUT2D eigenvalue weighted by molar-refractivity contribution is 0.0973. The van der Waals surface area contributed by atoms with Gasteiger partial charge in [0.05, 0.1) is 45.3 Å². The minimum absolute atomic E-state index is 0.0496. The molecule has 0 unspecified atom stereocenters. The van der Waals surface area contributed by atoms with Gasteiger partial charge in [0.15, 0.2) is 16.9 Å². The van der Waals surface area contributed by atoms with Crippen molar-refractivity contribution in [2.75, 3.05) is 26.6 Å². The average Bonchev–Trinajstić information content (AvgIpc) is 3.41. The van der Waals surface area contributed by atoms with Crippen LogP contribution in [0.4, 0.5) is 5.95 Å². The lowest BCUT2D eigenvalue weighted by atomic mass is 9.82. The molecule has 0 fully saturated rings. The first-order chi connectivity index (χ1) is 20.3. The van der Waals surface area contributed by atoms with Crippen LogP contribution in [0.1, 0.15) is 47.8 Å². The number of nitrogens with one attached hydrogen (secondary N) is 2. The molecule has 3 aromatic carbocycles. The SMILES string of the molecule is COc1cc(OC)c2c(c1)C(=O)c1cc(Cn3cnc4c(=O)[nH]c(NC(=O)c5ccccc5)nc43)cc(OC)c1C2=O. The maximum Gasteiger partial charge on any atom is 0.280 e. The molecule has 2 heterocycles. The van der Waals surface area contributed by atoms with Crippen molar-refractivity contribution >= 4 is 34.6 Å². The van der Waals surface area contributed by atoms with Crippen LogP contribution in [0.2, 0.25) is 0 Å². The Morgan fingerprint density at radius 2 is 1.57 bits per heavy atom. The summed E-state index contributed by atoms with van der Waals surface area (Å²) in [5.74, 6) is -0.511. The van der Waals surface area contributed by atoms with Crippen LogP contribution in [-0.4, -0.2) is 58.3 Å². The van der Waals surface area contributed by atoms with Gasteiger partial charge in [0, 0.05) is 22.8 Å². The molecule has 1 aliphatic rings. The van der Waals surface area contributed by atoms with Gasteiger partial charge < -0.3 is 18.8 Å². The monoisotopic (exact) mass is 565 g/mol. The van der Waals surface area contributed by atoms with E-state index in [1.54, 1.807) is 53.1 Å². The first-order valence-electron chi connectivity index (χ1n) is 12.7. The number of amides is 1. The number of ketones is 2. The highest BCUT2D eigenvalue weighted by molar-refractivity contribution is 6.30. The third-order valence-electron chi connectivity index (χ3n) is 6.95. The summed E-state index contributed by atoms with van der Waals surface area (Å²) in [6, 6.07) is 14.8. The minimum atomic E-state index is -0.537. The Kier molecular flexibility index (Phi) is 6.50. The van der Waals surface area contributed by atoms with E-state index >= 15 is 0 Å². The Labute approximate surface area is 237 Å². The van der Waals surface area contributed by atoms with Crippen molar-refractivity contribution in [3.63, 3.8) is 0 Å². The molecule has 0 saturated carbocycles. The molecule has 0 radical (unpaired) electrons. The van der Waals surface area contributed by atoms with Crippen LogP contribution < -0.4 is 25.1 Å². The number of carbonyl (C=O) groups excluding carboxylic acids is 3. The van der Waals surface area contributed by atoms with Crippen molar-refractivity contribution in [1.29, 1.82) is 0 Å². The van der Waals surface area contributed by atoms with Gasteiger partial charge in [0.25, 0.3) is 11.5 Å². The summed E-state index contributed by atoms with van der Waals surface area (Å²) in [4.78, 5) is 63.8.